The minimum atomic E-state index is -3.84. The van der Waals surface area contributed by atoms with Crippen molar-refractivity contribution in [2.75, 3.05) is 18.9 Å². The highest BCUT2D eigenvalue weighted by Crippen LogP contribution is 2.37. The molecule has 0 saturated carbocycles. The Morgan fingerprint density at radius 3 is 2.12 bits per heavy atom. The predicted molar refractivity (Wildman–Crippen MR) is 105 cm³/mol. The predicted octanol–water partition coefficient (Wildman–Crippen LogP) is 3.84. The molecule has 2 rings (SSSR count). The summed E-state index contributed by atoms with van der Waals surface area (Å²) in [6.07, 6.45) is 0. The van der Waals surface area contributed by atoms with E-state index < -0.39 is 10.0 Å². The molecule has 0 radical (unpaired) electrons. The maximum Gasteiger partial charge on any atom is 0.265 e. The topological polar surface area (TPSA) is 82.5 Å². The molecule has 0 aliphatic carbocycles. The van der Waals surface area contributed by atoms with E-state index in [1.165, 1.54) is 14.2 Å². The third-order valence-electron chi connectivity index (χ3n) is 3.85. The minimum Gasteiger partial charge on any atom is -0.493 e. The second-order valence-corrected chi connectivity index (χ2v) is 9.35. The van der Waals surface area contributed by atoms with Crippen molar-refractivity contribution in [3.63, 3.8) is 0 Å². The van der Waals surface area contributed by atoms with Gasteiger partial charge in [-0.2, -0.15) is 5.10 Å². The van der Waals surface area contributed by atoms with E-state index in [2.05, 4.69) is 25.8 Å². The van der Waals surface area contributed by atoms with E-state index in [1.54, 1.807) is 30.7 Å². The summed E-state index contributed by atoms with van der Waals surface area (Å²) in [6, 6.07) is 3.22. The van der Waals surface area contributed by atoms with Crippen LogP contribution < -0.4 is 14.2 Å². The highest BCUT2D eigenvalue weighted by molar-refractivity contribution is 9.10. The van der Waals surface area contributed by atoms with Gasteiger partial charge < -0.3 is 9.47 Å². The molecule has 7 nitrogen and oxygen atoms in total. The maximum absolute atomic E-state index is 13.0. The van der Waals surface area contributed by atoms with Crippen LogP contribution in [0.1, 0.15) is 32.2 Å². The molecule has 1 aromatic heterocycles. The lowest BCUT2D eigenvalue weighted by molar-refractivity contribution is 0.345. The van der Waals surface area contributed by atoms with E-state index in [9.17, 15) is 8.42 Å². The zero-order valence-electron chi connectivity index (χ0n) is 16.0. The van der Waals surface area contributed by atoms with Gasteiger partial charge in [-0.25, -0.2) is 8.42 Å². The van der Waals surface area contributed by atoms with Gasteiger partial charge in [-0.3, -0.25) is 9.40 Å². The highest BCUT2D eigenvalue weighted by Gasteiger charge is 2.29. The monoisotopic (exact) mass is 445 g/mol. The zero-order chi connectivity index (χ0) is 19.9. The molecule has 0 fully saturated rings. The van der Waals surface area contributed by atoms with Gasteiger partial charge in [-0.1, -0.05) is 0 Å². The molecule has 1 N–H and O–H groups in total. The zero-order valence-corrected chi connectivity index (χ0v) is 18.4. The number of rotatable bonds is 5. The summed E-state index contributed by atoms with van der Waals surface area (Å²) in [4.78, 5) is 0.175. The maximum atomic E-state index is 13.0. The van der Waals surface area contributed by atoms with Crippen molar-refractivity contribution in [3.05, 3.63) is 28.0 Å². The van der Waals surface area contributed by atoms with Crippen LogP contribution in [0.25, 0.3) is 0 Å². The molecular weight excluding hydrogens is 422 g/mol. The number of aryl methyl sites for hydroxylation is 1. The number of nitrogens with one attached hydrogen (secondary N) is 1. The summed E-state index contributed by atoms with van der Waals surface area (Å²) in [5, 5.41) is 4.41. The first-order chi connectivity index (χ1) is 11.9. The van der Waals surface area contributed by atoms with E-state index in [1.807, 2.05) is 20.8 Å². The van der Waals surface area contributed by atoms with Crippen molar-refractivity contribution >= 4 is 31.6 Å². The molecule has 0 aliphatic heterocycles. The Morgan fingerprint density at radius 2 is 1.65 bits per heavy atom. The number of aromatic nitrogens is 2. The number of anilines is 1. The van der Waals surface area contributed by atoms with Gasteiger partial charge in [-0.05, 0) is 50.5 Å². The number of nitrogens with zero attached hydrogens (tertiary/aromatic N) is 2. The summed E-state index contributed by atoms with van der Waals surface area (Å²) in [6.45, 7) is 9.36. The molecule has 0 spiro atoms. The molecule has 0 aliphatic rings. The van der Waals surface area contributed by atoms with E-state index in [0.717, 1.165) is 0 Å². The largest absolute Gasteiger partial charge is 0.493 e. The number of methoxy groups -OCH3 is 2. The fourth-order valence-electron chi connectivity index (χ4n) is 2.80. The molecule has 0 saturated heterocycles. The van der Waals surface area contributed by atoms with E-state index >= 15 is 0 Å². The third kappa shape index (κ3) is 3.83. The van der Waals surface area contributed by atoms with Crippen LogP contribution in [-0.2, 0) is 15.6 Å². The molecule has 0 bridgehead atoms. The van der Waals surface area contributed by atoms with Crippen LogP contribution in [0.5, 0.6) is 11.5 Å². The number of benzene rings is 1. The third-order valence-corrected chi connectivity index (χ3v) is 6.12. The normalized spacial score (nSPS) is 12.2. The fraction of sp³-hybridized carbons (Fsp3) is 0.471. The number of sulfonamides is 1. The number of halogens is 1. The molecule has 1 heterocycles. The molecule has 0 atom stereocenters. The van der Waals surface area contributed by atoms with Gasteiger partial charge in [-0.15, -0.1) is 0 Å². The van der Waals surface area contributed by atoms with Gasteiger partial charge in [0.2, 0.25) is 0 Å². The Bertz CT molecular complexity index is 930. The fourth-order valence-corrected chi connectivity index (χ4v) is 4.82. The van der Waals surface area contributed by atoms with Gasteiger partial charge in [0.1, 0.15) is 4.90 Å². The van der Waals surface area contributed by atoms with Crippen LogP contribution in [0.4, 0.5) is 5.69 Å². The first-order valence-corrected chi connectivity index (χ1v) is 10.2. The molecule has 1 aromatic carbocycles. The molecule has 2 aromatic rings. The summed E-state index contributed by atoms with van der Waals surface area (Å²) < 4.78 is 41.4. The quantitative estimate of drug-likeness (QED) is 0.755. The van der Waals surface area contributed by atoms with Crippen LogP contribution in [-0.4, -0.2) is 32.4 Å². The summed E-state index contributed by atoms with van der Waals surface area (Å²) >= 11 is 3.37. The van der Waals surface area contributed by atoms with Gasteiger partial charge in [0.25, 0.3) is 10.0 Å². The second-order valence-electron chi connectivity index (χ2n) is 6.88. The Morgan fingerprint density at radius 1 is 1.12 bits per heavy atom. The first kappa shape index (κ1) is 20.6. The molecule has 9 heteroatoms. The van der Waals surface area contributed by atoms with Gasteiger partial charge in [0.05, 0.1) is 36.8 Å². The molecular formula is C17H24BrN3O4S. The van der Waals surface area contributed by atoms with Crippen LogP contribution >= 0.6 is 15.9 Å². The van der Waals surface area contributed by atoms with Gasteiger partial charge in [0.15, 0.2) is 11.5 Å². The molecule has 0 unspecified atom stereocenters. The number of ether oxygens (including phenoxy) is 2. The van der Waals surface area contributed by atoms with Crippen molar-refractivity contribution in [1.29, 1.82) is 0 Å². The Labute approximate surface area is 162 Å². The Balaban J connectivity index is 2.53. The lowest BCUT2D eigenvalue weighted by atomic mass is 10.1. The van der Waals surface area contributed by atoms with Crippen molar-refractivity contribution in [2.45, 2.75) is 45.1 Å². The summed E-state index contributed by atoms with van der Waals surface area (Å²) in [5.74, 6) is 0.919. The van der Waals surface area contributed by atoms with E-state index in [4.69, 9.17) is 9.47 Å². The first-order valence-electron chi connectivity index (χ1n) is 7.93. The second kappa shape index (κ2) is 7.11. The average molecular weight is 446 g/mol. The molecule has 144 valence electrons. The Hall–Kier alpha value is -1.74. The Kier molecular flexibility index (Phi) is 5.63. The summed E-state index contributed by atoms with van der Waals surface area (Å²) in [5.41, 5.74) is 1.05. The van der Waals surface area contributed by atoms with E-state index in [-0.39, 0.29) is 10.4 Å². The van der Waals surface area contributed by atoms with Crippen LogP contribution in [0.2, 0.25) is 0 Å². The van der Waals surface area contributed by atoms with Crippen molar-refractivity contribution < 1.29 is 17.9 Å². The van der Waals surface area contributed by atoms with Crippen molar-refractivity contribution in [1.82, 2.24) is 9.78 Å². The number of hydrogen-bond donors (Lipinski definition) is 1. The SMILES string of the molecule is COc1cc(Br)c(NS(=O)(=O)c2c(C)nn(C(C)(C)C)c2C)cc1OC. The lowest BCUT2D eigenvalue weighted by Gasteiger charge is -2.21. The molecule has 0 amide bonds. The lowest BCUT2D eigenvalue weighted by Crippen LogP contribution is -2.25. The average Bonchev–Trinajstić information content (AvgIpc) is 2.84. The minimum absolute atomic E-state index is 0.175. The highest BCUT2D eigenvalue weighted by atomic mass is 79.9. The van der Waals surface area contributed by atoms with Crippen LogP contribution in [0, 0.1) is 13.8 Å². The standard InChI is InChI=1S/C17H24BrN3O4S/c1-10-16(11(2)21(19-10)17(3,4)5)26(22,23)20-13-9-15(25-7)14(24-6)8-12(13)18/h8-9,20H,1-7H3. The van der Waals surface area contributed by atoms with Crippen LogP contribution in [0.3, 0.4) is 0 Å². The molecule has 26 heavy (non-hydrogen) atoms. The number of hydrogen-bond acceptors (Lipinski definition) is 5. The summed E-state index contributed by atoms with van der Waals surface area (Å²) in [7, 11) is -0.833. The van der Waals surface area contributed by atoms with Crippen molar-refractivity contribution in [3.8, 4) is 11.5 Å². The van der Waals surface area contributed by atoms with Gasteiger partial charge in [0, 0.05) is 16.6 Å². The van der Waals surface area contributed by atoms with Crippen LogP contribution in [0.15, 0.2) is 21.5 Å². The van der Waals surface area contributed by atoms with Gasteiger partial charge >= 0.3 is 0 Å². The van der Waals surface area contributed by atoms with E-state index in [0.29, 0.717) is 33.0 Å². The van der Waals surface area contributed by atoms with Crippen molar-refractivity contribution in [2.24, 2.45) is 0 Å². The smallest absolute Gasteiger partial charge is 0.265 e.